The summed E-state index contributed by atoms with van der Waals surface area (Å²) >= 11 is 3.18. The summed E-state index contributed by atoms with van der Waals surface area (Å²) in [5.74, 6) is 1.74. The lowest BCUT2D eigenvalue weighted by molar-refractivity contribution is -0.120. The summed E-state index contributed by atoms with van der Waals surface area (Å²) in [6, 6.07) is 5.96. The molecule has 2 aliphatic rings. The highest BCUT2D eigenvalue weighted by molar-refractivity contribution is 7.98. The SMILES string of the molecule is COc1cc2c(c(OC)c1OC)-c1ccc(N[C@@H](CCSC)C(=O)Nc3nc4c(s3)CCCCC4)c(=O)cc1[C@H](NC(C)=O)CC2. The molecule has 0 saturated carbocycles. The molecule has 0 spiro atoms. The quantitative estimate of drug-likeness (QED) is 0.219. The topological polar surface area (TPSA) is 128 Å². The summed E-state index contributed by atoms with van der Waals surface area (Å²) in [5, 5.41) is 9.92. The molecule has 2 aliphatic carbocycles. The van der Waals surface area contributed by atoms with Crippen molar-refractivity contribution in [2.24, 2.45) is 0 Å². The third-order valence-corrected chi connectivity index (χ3v) is 10.2. The highest BCUT2D eigenvalue weighted by Crippen LogP contribution is 2.50. The summed E-state index contributed by atoms with van der Waals surface area (Å²) in [5.41, 5.74) is 4.17. The van der Waals surface area contributed by atoms with Gasteiger partial charge >= 0.3 is 0 Å². The standard InChI is InChI=1S/C34H42N4O6S2/c1-19(39)35-23-13-11-20-17-28(42-2)31(43-3)32(44-4)30(20)21-12-14-24(27(40)18-22(21)23)36-26(15-16-45-5)33(41)38-34-37-25-9-7-6-8-10-29(25)46-34/h12,14,17-18,23,26H,6-11,13,15-16H2,1-5H3,(H,35,39)(H,36,40)(H,37,38,41)/t23-,26+/m1/s1. The second-order valence-corrected chi connectivity index (χ2v) is 13.6. The van der Waals surface area contributed by atoms with Crippen LogP contribution in [0.2, 0.25) is 0 Å². The molecular formula is C34H42N4O6S2. The molecule has 2 aromatic carbocycles. The van der Waals surface area contributed by atoms with Gasteiger partial charge in [-0.05, 0) is 91.8 Å². The van der Waals surface area contributed by atoms with Gasteiger partial charge in [0.2, 0.25) is 23.0 Å². The van der Waals surface area contributed by atoms with Gasteiger partial charge < -0.3 is 30.2 Å². The van der Waals surface area contributed by atoms with Crippen LogP contribution in [0.3, 0.4) is 0 Å². The van der Waals surface area contributed by atoms with E-state index in [2.05, 4.69) is 16.0 Å². The van der Waals surface area contributed by atoms with Gasteiger partial charge in [-0.2, -0.15) is 11.8 Å². The predicted octanol–water partition coefficient (Wildman–Crippen LogP) is 5.76. The lowest BCUT2D eigenvalue weighted by atomic mass is 9.95. The van der Waals surface area contributed by atoms with E-state index in [1.165, 1.54) is 18.2 Å². The second-order valence-electron chi connectivity index (χ2n) is 11.5. The second kappa shape index (κ2) is 15.2. The molecule has 3 aromatic rings. The highest BCUT2D eigenvalue weighted by atomic mass is 32.2. The first-order valence-corrected chi connectivity index (χ1v) is 17.8. The van der Waals surface area contributed by atoms with Crippen LogP contribution >= 0.6 is 23.1 Å². The van der Waals surface area contributed by atoms with Gasteiger partial charge in [0.05, 0.1) is 38.8 Å². The number of thiazole rings is 1. The van der Waals surface area contributed by atoms with E-state index in [1.54, 1.807) is 56.6 Å². The highest BCUT2D eigenvalue weighted by Gasteiger charge is 2.30. The number of aromatic nitrogens is 1. The average molecular weight is 667 g/mol. The number of rotatable bonds is 11. The Labute approximate surface area is 278 Å². The van der Waals surface area contributed by atoms with Crippen molar-refractivity contribution in [3.05, 3.63) is 56.2 Å². The third kappa shape index (κ3) is 7.28. The molecule has 2 atom stereocenters. The van der Waals surface area contributed by atoms with E-state index in [9.17, 15) is 14.4 Å². The number of amides is 2. The van der Waals surface area contributed by atoms with Crippen LogP contribution in [0.1, 0.15) is 66.8 Å². The van der Waals surface area contributed by atoms with Gasteiger partial charge in [-0.15, -0.1) is 11.3 Å². The first-order chi connectivity index (χ1) is 22.3. The van der Waals surface area contributed by atoms with Gasteiger partial charge in [-0.3, -0.25) is 14.4 Å². The summed E-state index contributed by atoms with van der Waals surface area (Å²) in [7, 11) is 4.69. The Morgan fingerprint density at radius 3 is 2.54 bits per heavy atom. The van der Waals surface area contributed by atoms with Gasteiger partial charge in [-0.1, -0.05) is 12.5 Å². The maximum atomic E-state index is 13.9. The maximum Gasteiger partial charge on any atom is 0.248 e. The van der Waals surface area contributed by atoms with Crippen LogP contribution in [0.15, 0.2) is 29.1 Å². The number of aryl methyl sites for hydroxylation is 3. The molecule has 1 aromatic heterocycles. The van der Waals surface area contributed by atoms with Crippen LogP contribution in [0.5, 0.6) is 17.2 Å². The van der Waals surface area contributed by atoms with E-state index >= 15 is 0 Å². The number of fused-ring (bicyclic) bond motifs is 4. The first kappa shape index (κ1) is 33.6. The zero-order chi connectivity index (χ0) is 32.8. The van der Waals surface area contributed by atoms with Gasteiger partial charge in [0, 0.05) is 17.4 Å². The number of ether oxygens (including phenoxy) is 3. The number of benzene rings is 1. The minimum absolute atomic E-state index is 0.199. The van der Waals surface area contributed by atoms with E-state index in [0.29, 0.717) is 47.2 Å². The fraction of sp³-hybridized carbons (Fsp3) is 0.471. The number of nitrogens with one attached hydrogen (secondary N) is 3. The monoisotopic (exact) mass is 666 g/mol. The molecule has 246 valence electrons. The number of thioether (sulfide) groups is 1. The molecule has 2 amide bonds. The molecule has 1 heterocycles. The van der Waals surface area contributed by atoms with Crippen molar-refractivity contribution < 1.29 is 23.8 Å². The number of hydrogen-bond acceptors (Lipinski definition) is 10. The summed E-state index contributed by atoms with van der Waals surface area (Å²) < 4.78 is 17.2. The average Bonchev–Trinajstić information content (AvgIpc) is 3.14. The van der Waals surface area contributed by atoms with E-state index in [-0.39, 0.29) is 22.9 Å². The smallest absolute Gasteiger partial charge is 0.248 e. The number of methoxy groups -OCH3 is 3. The van der Waals surface area contributed by atoms with Crippen LogP contribution in [-0.2, 0) is 28.9 Å². The Kier molecular flexibility index (Phi) is 11.1. The largest absolute Gasteiger partial charge is 0.493 e. The zero-order valence-electron chi connectivity index (χ0n) is 27.0. The van der Waals surface area contributed by atoms with Gasteiger partial charge in [0.25, 0.3) is 0 Å². The number of hydrogen-bond donors (Lipinski definition) is 3. The molecule has 0 radical (unpaired) electrons. The first-order valence-electron chi connectivity index (χ1n) is 15.6. The maximum absolute atomic E-state index is 13.9. The molecule has 0 bridgehead atoms. The summed E-state index contributed by atoms with van der Waals surface area (Å²) in [4.78, 5) is 45.8. The number of nitrogens with zero attached hydrogens (tertiary/aromatic N) is 1. The number of carbonyl (C=O) groups is 2. The minimum Gasteiger partial charge on any atom is -0.493 e. The lowest BCUT2D eigenvalue weighted by Gasteiger charge is -2.19. The van der Waals surface area contributed by atoms with Gasteiger partial charge in [-0.25, -0.2) is 4.98 Å². The minimum atomic E-state index is -0.664. The van der Waals surface area contributed by atoms with E-state index in [4.69, 9.17) is 19.2 Å². The normalized spacial score (nSPS) is 16.0. The van der Waals surface area contributed by atoms with Crippen molar-refractivity contribution in [3.63, 3.8) is 0 Å². The Morgan fingerprint density at radius 2 is 1.83 bits per heavy atom. The summed E-state index contributed by atoms with van der Waals surface area (Å²) in [6.45, 7) is 1.47. The number of carbonyl (C=O) groups excluding carboxylic acids is 2. The fourth-order valence-electron chi connectivity index (χ4n) is 6.29. The molecule has 3 N–H and O–H groups in total. The van der Waals surface area contributed by atoms with Crippen molar-refractivity contribution in [1.29, 1.82) is 0 Å². The molecule has 0 unspecified atom stereocenters. The third-order valence-electron chi connectivity index (χ3n) is 8.50. The van der Waals surface area contributed by atoms with Crippen molar-refractivity contribution in [3.8, 4) is 28.4 Å². The van der Waals surface area contributed by atoms with Crippen LogP contribution in [0.25, 0.3) is 11.1 Å². The molecular weight excluding hydrogens is 625 g/mol. The Balaban J connectivity index is 1.55. The van der Waals surface area contributed by atoms with E-state index < -0.39 is 12.1 Å². The van der Waals surface area contributed by atoms with Crippen molar-refractivity contribution >= 4 is 45.7 Å². The van der Waals surface area contributed by atoms with Crippen LogP contribution in [0, 0.1) is 0 Å². The molecule has 46 heavy (non-hydrogen) atoms. The van der Waals surface area contributed by atoms with E-state index in [1.807, 2.05) is 18.4 Å². The van der Waals surface area contributed by atoms with Crippen LogP contribution in [-0.4, -0.2) is 56.2 Å². The van der Waals surface area contributed by atoms with Crippen LogP contribution < -0.4 is 35.6 Å². The fourth-order valence-corrected chi connectivity index (χ4v) is 7.82. The molecule has 0 fully saturated rings. The zero-order valence-corrected chi connectivity index (χ0v) is 28.7. The molecule has 0 saturated heterocycles. The van der Waals surface area contributed by atoms with Crippen molar-refractivity contribution in [2.45, 2.75) is 70.4 Å². The lowest BCUT2D eigenvalue weighted by Crippen LogP contribution is -2.36. The van der Waals surface area contributed by atoms with Gasteiger partial charge in [0.15, 0.2) is 16.6 Å². The van der Waals surface area contributed by atoms with E-state index in [0.717, 1.165) is 53.8 Å². The molecule has 0 aliphatic heterocycles. The summed E-state index contributed by atoms with van der Waals surface area (Å²) in [6.07, 6.45) is 9.05. The predicted molar refractivity (Wildman–Crippen MR) is 185 cm³/mol. The van der Waals surface area contributed by atoms with Crippen molar-refractivity contribution in [1.82, 2.24) is 10.3 Å². The molecule has 12 heteroatoms. The number of anilines is 2. The Bertz CT molecular complexity index is 1640. The molecule has 5 rings (SSSR count). The Morgan fingerprint density at radius 1 is 1.04 bits per heavy atom. The van der Waals surface area contributed by atoms with Crippen molar-refractivity contribution in [2.75, 3.05) is 44.0 Å². The van der Waals surface area contributed by atoms with Gasteiger partial charge in [0.1, 0.15) is 6.04 Å². The van der Waals surface area contributed by atoms with Crippen LogP contribution in [0.4, 0.5) is 10.8 Å². The molecule has 10 nitrogen and oxygen atoms in total. The Hall–Kier alpha value is -3.77.